The van der Waals surface area contributed by atoms with Crippen molar-refractivity contribution in [1.29, 1.82) is 0 Å². The average Bonchev–Trinajstić information content (AvgIpc) is 2.27. The molecule has 0 saturated heterocycles. The maximum atomic E-state index is 12.1. The predicted molar refractivity (Wildman–Crippen MR) is 72.6 cm³/mol. The molecule has 1 aromatic carbocycles. The summed E-state index contributed by atoms with van der Waals surface area (Å²) in [6.45, 7) is 4.92. The van der Waals surface area contributed by atoms with Gasteiger partial charge in [0.25, 0.3) is 0 Å². The second kappa shape index (κ2) is 6.36. The van der Waals surface area contributed by atoms with E-state index in [1.54, 1.807) is 19.9 Å². The molecular weight excluding hydrogens is 290 g/mol. The third-order valence-corrected chi connectivity index (χ3v) is 4.33. The Bertz CT molecular complexity index is 571. The van der Waals surface area contributed by atoms with Crippen molar-refractivity contribution < 1.29 is 17.9 Å². The lowest BCUT2D eigenvalue weighted by atomic mass is 10.2. The zero-order valence-electron chi connectivity index (χ0n) is 10.9. The molecular formula is C12H16ClNO4S. The van der Waals surface area contributed by atoms with Crippen LogP contribution < -0.4 is 4.72 Å². The van der Waals surface area contributed by atoms with Crippen LogP contribution in [0.25, 0.3) is 0 Å². The third-order valence-electron chi connectivity index (χ3n) is 2.40. The van der Waals surface area contributed by atoms with E-state index in [4.69, 9.17) is 16.3 Å². The number of benzene rings is 1. The van der Waals surface area contributed by atoms with E-state index in [1.165, 1.54) is 19.1 Å². The molecule has 1 aromatic rings. The molecule has 1 rings (SSSR count). The van der Waals surface area contributed by atoms with Crippen molar-refractivity contribution in [3.05, 3.63) is 28.8 Å². The summed E-state index contributed by atoms with van der Waals surface area (Å²) in [6, 6.07) is 3.49. The van der Waals surface area contributed by atoms with Crippen molar-refractivity contribution in [3.63, 3.8) is 0 Å². The fourth-order valence-electron chi connectivity index (χ4n) is 1.53. The number of esters is 1. The normalized spacial score (nSPS) is 13.1. The van der Waals surface area contributed by atoms with Crippen LogP contribution in [0.4, 0.5) is 0 Å². The van der Waals surface area contributed by atoms with E-state index in [0.29, 0.717) is 10.6 Å². The van der Waals surface area contributed by atoms with Crippen LogP contribution in [0.2, 0.25) is 5.02 Å². The van der Waals surface area contributed by atoms with Gasteiger partial charge in [-0.1, -0.05) is 11.6 Å². The number of halogens is 1. The molecule has 0 spiro atoms. The number of ether oxygens (including phenoxy) is 1. The highest BCUT2D eigenvalue weighted by Gasteiger charge is 2.24. The SMILES string of the molecule is CCOC(=O)C(C)NS(=O)(=O)c1ccc(Cl)cc1C. The minimum Gasteiger partial charge on any atom is -0.465 e. The standard InChI is InChI=1S/C12H16ClNO4S/c1-4-18-12(15)9(3)14-19(16,17)11-6-5-10(13)7-8(11)2/h5-7,9,14H,4H2,1-3H3. The van der Waals surface area contributed by atoms with Gasteiger partial charge in [-0.2, -0.15) is 4.72 Å². The lowest BCUT2D eigenvalue weighted by Crippen LogP contribution is -2.39. The molecule has 106 valence electrons. The highest BCUT2D eigenvalue weighted by molar-refractivity contribution is 7.89. The van der Waals surface area contributed by atoms with E-state index in [9.17, 15) is 13.2 Å². The minimum absolute atomic E-state index is 0.0908. The van der Waals surface area contributed by atoms with Crippen molar-refractivity contribution >= 4 is 27.6 Å². The second-order valence-electron chi connectivity index (χ2n) is 4.00. The van der Waals surface area contributed by atoms with E-state index in [1.807, 2.05) is 0 Å². The fraction of sp³-hybridized carbons (Fsp3) is 0.417. The number of carbonyl (C=O) groups is 1. The maximum absolute atomic E-state index is 12.1. The van der Waals surface area contributed by atoms with Crippen molar-refractivity contribution in [2.45, 2.75) is 31.7 Å². The molecule has 0 bridgehead atoms. The molecule has 0 saturated carbocycles. The Morgan fingerprint density at radius 3 is 2.63 bits per heavy atom. The van der Waals surface area contributed by atoms with Crippen LogP contribution in [0.5, 0.6) is 0 Å². The number of carbonyl (C=O) groups excluding carboxylic acids is 1. The van der Waals surface area contributed by atoms with Gasteiger partial charge in [0.2, 0.25) is 10.0 Å². The van der Waals surface area contributed by atoms with Crippen LogP contribution in [-0.4, -0.2) is 27.0 Å². The summed E-state index contributed by atoms with van der Waals surface area (Å²) in [7, 11) is -3.78. The van der Waals surface area contributed by atoms with Crippen LogP contribution >= 0.6 is 11.6 Å². The number of rotatable bonds is 5. The van der Waals surface area contributed by atoms with Gasteiger partial charge in [0, 0.05) is 5.02 Å². The second-order valence-corrected chi connectivity index (χ2v) is 6.12. The molecule has 0 heterocycles. The lowest BCUT2D eigenvalue weighted by molar-refractivity contribution is -0.144. The molecule has 0 aromatic heterocycles. The molecule has 1 N–H and O–H groups in total. The molecule has 5 nitrogen and oxygen atoms in total. The Morgan fingerprint density at radius 2 is 2.11 bits per heavy atom. The number of sulfonamides is 1. The maximum Gasteiger partial charge on any atom is 0.323 e. The summed E-state index contributed by atoms with van der Waals surface area (Å²) >= 11 is 5.78. The average molecular weight is 306 g/mol. The quantitative estimate of drug-likeness (QED) is 0.843. The van der Waals surface area contributed by atoms with Gasteiger partial charge >= 0.3 is 5.97 Å². The minimum atomic E-state index is -3.78. The summed E-state index contributed by atoms with van der Waals surface area (Å²) < 4.78 is 31.3. The molecule has 0 aliphatic rings. The predicted octanol–water partition coefficient (Wildman–Crippen LogP) is 1.88. The van der Waals surface area contributed by atoms with E-state index < -0.39 is 22.0 Å². The first-order valence-corrected chi connectivity index (χ1v) is 7.59. The lowest BCUT2D eigenvalue weighted by Gasteiger charge is -2.14. The summed E-state index contributed by atoms with van der Waals surface area (Å²) in [4.78, 5) is 11.5. The summed E-state index contributed by atoms with van der Waals surface area (Å²) in [5.41, 5.74) is 0.510. The van der Waals surface area contributed by atoms with Crippen LogP contribution in [0.15, 0.2) is 23.1 Å². The van der Waals surface area contributed by atoms with Gasteiger partial charge in [0.15, 0.2) is 0 Å². The zero-order chi connectivity index (χ0) is 14.6. The molecule has 1 atom stereocenters. The first-order valence-electron chi connectivity index (χ1n) is 5.73. The molecule has 0 radical (unpaired) electrons. The number of nitrogens with one attached hydrogen (secondary N) is 1. The highest BCUT2D eigenvalue weighted by Crippen LogP contribution is 2.19. The van der Waals surface area contributed by atoms with Crippen molar-refractivity contribution in [3.8, 4) is 0 Å². The largest absolute Gasteiger partial charge is 0.465 e. The first kappa shape index (κ1) is 15.9. The Hall–Kier alpha value is -1.11. The van der Waals surface area contributed by atoms with E-state index in [0.717, 1.165) is 0 Å². The number of hydrogen-bond acceptors (Lipinski definition) is 4. The first-order chi connectivity index (χ1) is 8.77. The topological polar surface area (TPSA) is 72.5 Å². The van der Waals surface area contributed by atoms with E-state index >= 15 is 0 Å². The van der Waals surface area contributed by atoms with E-state index in [2.05, 4.69) is 4.72 Å². The van der Waals surface area contributed by atoms with Crippen LogP contribution in [0, 0.1) is 6.92 Å². The molecule has 19 heavy (non-hydrogen) atoms. The van der Waals surface area contributed by atoms with Crippen LogP contribution in [0.1, 0.15) is 19.4 Å². The Balaban J connectivity index is 2.95. The molecule has 0 fully saturated rings. The van der Waals surface area contributed by atoms with Gasteiger partial charge in [-0.25, -0.2) is 8.42 Å². The van der Waals surface area contributed by atoms with Gasteiger partial charge < -0.3 is 4.74 Å². The molecule has 0 aliphatic heterocycles. The zero-order valence-corrected chi connectivity index (χ0v) is 12.5. The molecule has 0 aliphatic carbocycles. The van der Waals surface area contributed by atoms with Crippen molar-refractivity contribution in [1.82, 2.24) is 4.72 Å². The van der Waals surface area contributed by atoms with E-state index in [-0.39, 0.29) is 11.5 Å². The van der Waals surface area contributed by atoms with Gasteiger partial charge in [0.05, 0.1) is 11.5 Å². The monoisotopic (exact) mass is 305 g/mol. The van der Waals surface area contributed by atoms with Crippen molar-refractivity contribution in [2.24, 2.45) is 0 Å². The third kappa shape index (κ3) is 4.19. The van der Waals surface area contributed by atoms with Crippen LogP contribution in [0.3, 0.4) is 0 Å². The van der Waals surface area contributed by atoms with Gasteiger partial charge in [-0.05, 0) is 44.5 Å². The van der Waals surface area contributed by atoms with Gasteiger partial charge in [0.1, 0.15) is 6.04 Å². The Labute approximate surface area is 118 Å². The highest BCUT2D eigenvalue weighted by atomic mass is 35.5. The van der Waals surface area contributed by atoms with Crippen molar-refractivity contribution in [2.75, 3.05) is 6.61 Å². The molecule has 0 amide bonds. The van der Waals surface area contributed by atoms with Gasteiger partial charge in [-0.15, -0.1) is 0 Å². The summed E-state index contributed by atoms with van der Waals surface area (Å²) in [5.74, 6) is -0.613. The number of aryl methyl sites for hydroxylation is 1. The Kier molecular flexibility index (Phi) is 5.34. The molecule has 7 heteroatoms. The van der Waals surface area contributed by atoms with Gasteiger partial charge in [-0.3, -0.25) is 4.79 Å². The smallest absolute Gasteiger partial charge is 0.323 e. The summed E-state index contributed by atoms with van der Waals surface area (Å²) in [6.07, 6.45) is 0. The Morgan fingerprint density at radius 1 is 1.47 bits per heavy atom. The molecule has 1 unspecified atom stereocenters. The summed E-state index contributed by atoms with van der Waals surface area (Å²) in [5, 5.41) is 0.454. The fourth-order valence-corrected chi connectivity index (χ4v) is 3.17. The number of hydrogen-bond donors (Lipinski definition) is 1. The van der Waals surface area contributed by atoms with Crippen LogP contribution in [-0.2, 0) is 19.6 Å².